The maximum Gasteiger partial charge on any atom is 0.326 e. The van der Waals surface area contributed by atoms with E-state index in [-0.39, 0.29) is 88.7 Å². The molecule has 5 amide bonds. The van der Waals surface area contributed by atoms with Crippen LogP contribution in [0.1, 0.15) is 136 Å². The molecule has 7 aromatic rings. The molecule has 2 aliphatic rings. The maximum atomic E-state index is 14.1. The SMILES string of the molecule is CN(C)c1ccc2c(-c3ccc(C(=O)N[C@H](Cc4ccccc4)C(=O)NCCCCCNS(=O)(=O)c4cccc(C(=O)NCCCCCCCCCCNC(=O)CC[C@H](NC(=O)c5ccc(N(C)Cc6cnc7nc(N)nc(N)c7n6)cc5)C(=O)O)c4)cc3C(=O)[O-])c3ccc(=[N+](C)C)cc-3oc2c1. The lowest BCUT2D eigenvalue weighted by Crippen LogP contribution is -2.48. The second-order valence-electron chi connectivity index (χ2n) is 25.9. The molecular weight excluding hydrogens is 1350 g/mol. The van der Waals surface area contributed by atoms with Crippen molar-refractivity contribution >= 4 is 96.8 Å². The standard InChI is InChI=1S/C76H89N15O12S/c1-89(2)54-30-33-58-63(44-54)103-64-45-55(90(3)4)31-34-59(64)66(58)57-32-27-51(43-60(57)74(97)98)72(95)86-62(41-48-21-14-12-15-22-48)73(96)81-39-18-13-19-40-83-104(101,102)56-24-20-23-50(42-56)70(93)80-38-17-11-9-7-6-8-10-16-37-79-65(92)36-35-61(75(99)100)85-71(94)49-25-28-53(29-26-49)91(5)47-52-46-82-69-67(84-52)68(77)87-76(78)88-69/h12,14-15,20-34,42-46,61-62,83H,6-11,13,16-19,35-41,47H2,1-5H3,(H10-,77,78,79,80,81,82,85,86,87,88,92,93,94,95,96,97,98,99,100)/t61-,62+/m0/s1. The molecule has 5 aromatic carbocycles. The van der Waals surface area contributed by atoms with Crippen molar-refractivity contribution in [2.75, 3.05) is 82.7 Å². The van der Waals surface area contributed by atoms with Gasteiger partial charge in [-0.15, -0.1) is 0 Å². The topological polar surface area (TPSA) is 395 Å². The van der Waals surface area contributed by atoms with Crippen LogP contribution < -0.4 is 67.6 Å². The van der Waals surface area contributed by atoms with Gasteiger partial charge >= 0.3 is 5.97 Å². The van der Waals surface area contributed by atoms with Crippen LogP contribution >= 0.6 is 0 Å². The quantitative estimate of drug-likeness (QED) is 0.0115. The third-order valence-corrected chi connectivity index (χ3v) is 19.2. The summed E-state index contributed by atoms with van der Waals surface area (Å²) in [7, 11) is 5.50. The molecule has 1 aliphatic carbocycles. The van der Waals surface area contributed by atoms with E-state index in [1.54, 1.807) is 42.6 Å². The number of unbranched alkanes of at least 4 members (excludes halogenated alkanes) is 9. The zero-order valence-corrected chi connectivity index (χ0v) is 59.8. The summed E-state index contributed by atoms with van der Waals surface area (Å²) in [6, 6.07) is 35.0. The molecule has 0 unspecified atom stereocenters. The van der Waals surface area contributed by atoms with Crippen LogP contribution in [0, 0.1) is 0 Å². The molecule has 11 N–H and O–H groups in total. The number of amides is 5. The van der Waals surface area contributed by atoms with Gasteiger partial charge in [-0.2, -0.15) is 9.97 Å². The molecule has 0 fully saturated rings. The molecule has 2 atom stereocenters. The van der Waals surface area contributed by atoms with Crippen molar-refractivity contribution in [3.8, 4) is 22.5 Å². The van der Waals surface area contributed by atoms with Crippen molar-refractivity contribution in [2.24, 2.45) is 0 Å². The molecule has 2 aromatic heterocycles. The minimum atomic E-state index is -3.97. The first-order valence-electron chi connectivity index (χ1n) is 34.6. The number of hydrogen-bond acceptors (Lipinski definition) is 19. The van der Waals surface area contributed by atoms with Crippen LogP contribution in [0.25, 0.3) is 44.6 Å². The Morgan fingerprint density at radius 2 is 1.25 bits per heavy atom. The first-order chi connectivity index (χ1) is 49.9. The van der Waals surface area contributed by atoms with Gasteiger partial charge in [0.05, 0.1) is 35.4 Å². The van der Waals surface area contributed by atoms with E-state index < -0.39 is 51.8 Å². The average molecular weight is 1440 g/mol. The number of fused-ring (bicyclic) bond motifs is 3. The summed E-state index contributed by atoms with van der Waals surface area (Å²) in [5.74, 6) is -4.51. The predicted molar refractivity (Wildman–Crippen MR) is 397 cm³/mol. The minimum Gasteiger partial charge on any atom is -0.545 e. The van der Waals surface area contributed by atoms with Gasteiger partial charge in [-0.25, -0.2) is 32.5 Å². The van der Waals surface area contributed by atoms with Crippen molar-refractivity contribution in [3.63, 3.8) is 0 Å². The number of benzene rings is 6. The van der Waals surface area contributed by atoms with Crippen LogP contribution in [0.3, 0.4) is 0 Å². The molecule has 1 aliphatic heterocycles. The van der Waals surface area contributed by atoms with Crippen molar-refractivity contribution in [3.05, 3.63) is 179 Å². The summed E-state index contributed by atoms with van der Waals surface area (Å²) in [4.78, 5) is 112. The van der Waals surface area contributed by atoms with Crippen LogP contribution in [-0.2, 0) is 37.4 Å². The fourth-order valence-corrected chi connectivity index (χ4v) is 13.0. The van der Waals surface area contributed by atoms with Gasteiger partial charge in [0.2, 0.25) is 33.1 Å². The summed E-state index contributed by atoms with van der Waals surface area (Å²) in [6.45, 7) is 1.54. The molecule has 27 nitrogen and oxygen atoms in total. The lowest BCUT2D eigenvalue weighted by atomic mass is 9.89. The Hall–Kier alpha value is -11.4. The molecule has 0 saturated carbocycles. The molecule has 546 valence electrons. The number of sulfonamides is 1. The summed E-state index contributed by atoms with van der Waals surface area (Å²) >= 11 is 0. The summed E-state index contributed by atoms with van der Waals surface area (Å²) in [5, 5.41) is 38.4. The highest BCUT2D eigenvalue weighted by atomic mass is 32.2. The molecule has 9 rings (SSSR count). The number of rotatable bonds is 37. The van der Waals surface area contributed by atoms with Crippen molar-refractivity contribution in [2.45, 2.75) is 113 Å². The van der Waals surface area contributed by atoms with Crippen molar-refractivity contribution in [1.82, 2.24) is 55.8 Å². The Kier molecular flexibility index (Phi) is 26.9. The van der Waals surface area contributed by atoms with E-state index in [9.17, 15) is 52.2 Å². The number of hydrogen-bond donors (Lipinski definition) is 9. The molecule has 28 heteroatoms. The normalized spacial score (nSPS) is 11.9. The number of carbonyl (C=O) groups excluding carboxylic acids is 6. The third-order valence-electron chi connectivity index (χ3n) is 17.7. The minimum absolute atomic E-state index is 0.00168. The number of carboxylic acids is 2. The third kappa shape index (κ3) is 21.1. The number of aromatic nitrogens is 4. The van der Waals surface area contributed by atoms with E-state index in [2.05, 4.69) is 51.2 Å². The number of nitrogens with one attached hydrogen (secondary N) is 6. The Labute approximate surface area is 603 Å². The van der Waals surface area contributed by atoms with Crippen LogP contribution in [0.2, 0.25) is 0 Å². The molecule has 0 spiro atoms. The Balaban J connectivity index is 0.633. The Morgan fingerprint density at radius 3 is 1.94 bits per heavy atom. The highest BCUT2D eigenvalue weighted by Crippen LogP contribution is 2.42. The second kappa shape index (κ2) is 36.5. The highest BCUT2D eigenvalue weighted by molar-refractivity contribution is 7.89. The van der Waals surface area contributed by atoms with Gasteiger partial charge in [0.15, 0.2) is 17.0 Å². The fourth-order valence-electron chi connectivity index (χ4n) is 11.9. The van der Waals surface area contributed by atoms with E-state index >= 15 is 0 Å². The van der Waals surface area contributed by atoms with Crippen LogP contribution in [0.5, 0.6) is 0 Å². The lowest BCUT2D eigenvalue weighted by Gasteiger charge is -2.21. The largest absolute Gasteiger partial charge is 0.545 e. The summed E-state index contributed by atoms with van der Waals surface area (Å²) in [5.41, 5.74) is 17.6. The lowest BCUT2D eigenvalue weighted by molar-refractivity contribution is -0.255. The van der Waals surface area contributed by atoms with E-state index in [4.69, 9.17) is 15.9 Å². The number of carboxylic acid groups (broad SMARTS) is 2. The van der Waals surface area contributed by atoms with Gasteiger partial charge < -0.3 is 67.3 Å². The van der Waals surface area contributed by atoms with E-state index in [1.807, 2.05) is 116 Å². The fraction of sp³-hybridized carbons (Fsp3) is 0.342. The Bertz CT molecular complexity index is 4720. The first kappa shape index (κ1) is 76.8. The van der Waals surface area contributed by atoms with Gasteiger partial charge in [0, 0.05) is 122 Å². The number of carbonyl (C=O) groups is 7. The molecular formula is C76H89N15O12S. The zero-order chi connectivity index (χ0) is 74.5. The molecule has 0 radical (unpaired) electrons. The summed E-state index contributed by atoms with van der Waals surface area (Å²) in [6.07, 6.45) is 10.2. The van der Waals surface area contributed by atoms with Crippen molar-refractivity contribution < 1.29 is 56.6 Å². The molecule has 0 bridgehead atoms. The van der Waals surface area contributed by atoms with Gasteiger partial charge in [0.1, 0.15) is 37.5 Å². The highest BCUT2D eigenvalue weighted by Gasteiger charge is 2.27. The molecule has 0 saturated heterocycles. The number of nitrogen functional groups attached to an aromatic ring is 2. The predicted octanol–water partition coefficient (Wildman–Crippen LogP) is 6.44. The van der Waals surface area contributed by atoms with Crippen LogP contribution in [0.15, 0.2) is 149 Å². The summed E-state index contributed by atoms with van der Waals surface area (Å²) < 4.78 is 37.7. The van der Waals surface area contributed by atoms with Gasteiger partial charge in [0.25, 0.3) is 17.7 Å². The van der Waals surface area contributed by atoms with Gasteiger partial charge in [-0.05, 0) is 116 Å². The van der Waals surface area contributed by atoms with Gasteiger partial charge in [-0.1, -0.05) is 87.4 Å². The van der Waals surface area contributed by atoms with E-state index in [0.29, 0.717) is 83.5 Å². The van der Waals surface area contributed by atoms with Crippen LogP contribution in [-0.4, -0.2) is 148 Å². The second-order valence-corrected chi connectivity index (χ2v) is 27.7. The number of aliphatic carboxylic acids is 1. The number of nitrogens with two attached hydrogens (primary N) is 2. The van der Waals surface area contributed by atoms with Gasteiger partial charge in [-0.3, -0.25) is 24.0 Å². The maximum absolute atomic E-state index is 14.1. The number of nitrogens with zero attached hydrogens (tertiary/aromatic N) is 7. The molecule has 104 heavy (non-hydrogen) atoms. The number of aromatic carboxylic acids is 1. The monoisotopic (exact) mass is 1440 g/mol. The van der Waals surface area contributed by atoms with Crippen LogP contribution in [0.4, 0.5) is 23.1 Å². The zero-order valence-electron chi connectivity index (χ0n) is 59.0. The smallest absolute Gasteiger partial charge is 0.326 e. The van der Waals surface area contributed by atoms with Crippen molar-refractivity contribution in [1.29, 1.82) is 0 Å². The first-order valence-corrected chi connectivity index (χ1v) is 36.1. The number of anilines is 4. The Morgan fingerprint density at radius 1 is 0.625 bits per heavy atom. The molecule has 3 heterocycles. The van der Waals surface area contributed by atoms with E-state index in [0.717, 1.165) is 73.7 Å². The van der Waals surface area contributed by atoms with E-state index in [1.165, 1.54) is 30.3 Å². The average Bonchev–Trinajstić information content (AvgIpc) is 0.744.